The predicted octanol–water partition coefficient (Wildman–Crippen LogP) is 3.18. The van der Waals surface area contributed by atoms with Gasteiger partial charge in [0.05, 0.1) is 18.2 Å². The number of amides is 1. The van der Waals surface area contributed by atoms with Crippen LogP contribution in [0, 0.1) is 12.7 Å². The van der Waals surface area contributed by atoms with Crippen molar-refractivity contribution in [3.8, 4) is 17.2 Å². The molecule has 1 N–H and O–H groups in total. The van der Waals surface area contributed by atoms with Gasteiger partial charge in [-0.15, -0.1) is 5.10 Å². The first kappa shape index (κ1) is 18.2. The minimum Gasteiger partial charge on any atom is -0.489 e. The lowest BCUT2D eigenvalue weighted by Crippen LogP contribution is -2.13. The summed E-state index contributed by atoms with van der Waals surface area (Å²) >= 11 is 6.24. The third kappa shape index (κ3) is 3.48. The number of fused-ring (bicyclic) bond motifs is 1. The van der Waals surface area contributed by atoms with Crippen molar-refractivity contribution in [3.63, 3.8) is 0 Å². The van der Waals surface area contributed by atoms with Gasteiger partial charge in [-0.1, -0.05) is 11.6 Å². The molecule has 10 heteroatoms. The number of nitrogens with zero attached hydrogens (tertiary/aromatic N) is 4. The third-order valence-electron chi connectivity index (χ3n) is 4.12. The molecule has 4 rings (SSSR count). The first-order valence-electron chi connectivity index (χ1n) is 8.48. The number of tetrazole rings is 1. The number of rotatable bonds is 3. The highest BCUT2D eigenvalue weighted by molar-refractivity contribution is 6.32. The molecule has 3 aromatic rings. The topological polar surface area (TPSA) is 91.2 Å². The van der Waals surface area contributed by atoms with Gasteiger partial charge in [0.1, 0.15) is 11.5 Å². The van der Waals surface area contributed by atoms with E-state index in [1.165, 1.54) is 28.9 Å². The Balaban J connectivity index is 1.62. The highest BCUT2D eigenvalue weighted by atomic mass is 35.5. The molecule has 0 radical (unpaired) electrons. The average molecular weight is 404 g/mol. The lowest BCUT2D eigenvalue weighted by Gasteiger charge is -2.12. The van der Waals surface area contributed by atoms with Crippen molar-refractivity contribution in [3.05, 3.63) is 52.6 Å². The molecule has 144 valence electrons. The van der Waals surface area contributed by atoms with Crippen LogP contribution in [0.5, 0.6) is 11.5 Å². The van der Waals surface area contributed by atoms with Gasteiger partial charge in [0.2, 0.25) is 0 Å². The molecule has 1 aliphatic heterocycles. The van der Waals surface area contributed by atoms with E-state index < -0.39 is 11.7 Å². The van der Waals surface area contributed by atoms with Crippen molar-refractivity contribution in [1.82, 2.24) is 20.2 Å². The summed E-state index contributed by atoms with van der Waals surface area (Å²) in [6.45, 7) is 2.61. The molecule has 8 nitrogen and oxygen atoms in total. The first-order valence-corrected chi connectivity index (χ1v) is 8.86. The average Bonchev–Trinajstić information content (AvgIpc) is 2.95. The number of halogens is 2. The highest BCUT2D eigenvalue weighted by Crippen LogP contribution is 2.38. The maximum atomic E-state index is 14.2. The highest BCUT2D eigenvalue weighted by Gasteiger charge is 2.19. The van der Waals surface area contributed by atoms with E-state index >= 15 is 0 Å². The lowest BCUT2D eigenvalue weighted by atomic mass is 10.1. The zero-order chi connectivity index (χ0) is 19.7. The maximum absolute atomic E-state index is 14.2. The number of benzene rings is 2. The normalized spacial score (nSPS) is 13.1. The van der Waals surface area contributed by atoms with Crippen LogP contribution in [0.15, 0.2) is 30.3 Å². The molecule has 0 saturated carbocycles. The predicted molar refractivity (Wildman–Crippen MR) is 98.9 cm³/mol. The molecule has 28 heavy (non-hydrogen) atoms. The lowest BCUT2D eigenvalue weighted by molar-refractivity contribution is 0.102. The van der Waals surface area contributed by atoms with Gasteiger partial charge < -0.3 is 14.8 Å². The Morgan fingerprint density at radius 2 is 2.07 bits per heavy atom. The summed E-state index contributed by atoms with van der Waals surface area (Å²) in [5.74, 6) is 0.306. The Morgan fingerprint density at radius 3 is 2.86 bits per heavy atom. The van der Waals surface area contributed by atoms with Crippen LogP contribution in [0.4, 0.5) is 10.1 Å². The summed E-state index contributed by atoms with van der Waals surface area (Å²) < 4.78 is 26.6. The zero-order valence-corrected chi connectivity index (χ0v) is 15.5. The SMILES string of the molecule is Cc1nnnn1-c1cc(NC(=O)c2cc(Cl)c3c(c2)OCCCO3)ccc1F. The molecular weight excluding hydrogens is 389 g/mol. The smallest absolute Gasteiger partial charge is 0.255 e. The van der Waals surface area contributed by atoms with Gasteiger partial charge in [-0.05, 0) is 47.7 Å². The molecular formula is C18H15ClFN5O3. The summed E-state index contributed by atoms with van der Waals surface area (Å²) in [6.07, 6.45) is 0.724. The van der Waals surface area contributed by atoms with Crippen molar-refractivity contribution in [2.24, 2.45) is 0 Å². The van der Waals surface area contributed by atoms with Crippen LogP contribution >= 0.6 is 11.6 Å². The van der Waals surface area contributed by atoms with E-state index in [0.29, 0.717) is 41.8 Å². The number of aromatic nitrogens is 4. The van der Waals surface area contributed by atoms with Crippen LogP contribution in [0.25, 0.3) is 5.69 Å². The number of anilines is 1. The molecule has 0 bridgehead atoms. The molecule has 0 spiro atoms. The summed E-state index contributed by atoms with van der Waals surface area (Å²) in [5.41, 5.74) is 0.787. The fourth-order valence-electron chi connectivity index (χ4n) is 2.77. The summed E-state index contributed by atoms with van der Waals surface area (Å²) in [5, 5.41) is 14.0. The Kier molecular flexibility index (Phi) is 4.82. The minimum atomic E-state index is -0.521. The van der Waals surface area contributed by atoms with E-state index in [2.05, 4.69) is 20.8 Å². The van der Waals surface area contributed by atoms with Crippen LogP contribution < -0.4 is 14.8 Å². The first-order chi connectivity index (χ1) is 13.5. The van der Waals surface area contributed by atoms with E-state index in [0.717, 1.165) is 6.42 Å². The number of aryl methyl sites for hydroxylation is 1. The molecule has 2 aromatic carbocycles. The van der Waals surface area contributed by atoms with E-state index in [1.807, 2.05) is 0 Å². The summed E-state index contributed by atoms with van der Waals surface area (Å²) in [7, 11) is 0. The van der Waals surface area contributed by atoms with Crippen LogP contribution in [0.2, 0.25) is 5.02 Å². The molecule has 2 heterocycles. The third-order valence-corrected chi connectivity index (χ3v) is 4.40. The maximum Gasteiger partial charge on any atom is 0.255 e. The van der Waals surface area contributed by atoms with E-state index in [9.17, 15) is 9.18 Å². The van der Waals surface area contributed by atoms with Gasteiger partial charge in [0.25, 0.3) is 5.91 Å². The van der Waals surface area contributed by atoms with Crippen molar-refractivity contribution in [2.45, 2.75) is 13.3 Å². The molecule has 0 aliphatic carbocycles. The molecule has 0 atom stereocenters. The number of hydrogen-bond acceptors (Lipinski definition) is 6. The number of ether oxygens (including phenoxy) is 2. The van der Waals surface area contributed by atoms with Crippen LogP contribution in [-0.4, -0.2) is 39.3 Å². The van der Waals surface area contributed by atoms with Gasteiger partial charge in [-0.3, -0.25) is 4.79 Å². The van der Waals surface area contributed by atoms with E-state index in [1.54, 1.807) is 13.0 Å². The second-order valence-corrected chi connectivity index (χ2v) is 6.50. The van der Waals surface area contributed by atoms with Crippen molar-refractivity contribution in [2.75, 3.05) is 18.5 Å². The van der Waals surface area contributed by atoms with E-state index in [4.69, 9.17) is 21.1 Å². The molecule has 0 fully saturated rings. The Bertz CT molecular complexity index is 1060. The molecule has 0 unspecified atom stereocenters. The molecule has 1 aromatic heterocycles. The number of nitrogens with one attached hydrogen (secondary N) is 1. The minimum absolute atomic E-state index is 0.122. The largest absolute Gasteiger partial charge is 0.489 e. The second kappa shape index (κ2) is 7.43. The monoisotopic (exact) mass is 403 g/mol. The Morgan fingerprint density at radius 1 is 1.25 bits per heavy atom. The van der Waals surface area contributed by atoms with Crippen LogP contribution in [0.1, 0.15) is 22.6 Å². The van der Waals surface area contributed by atoms with Gasteiger partial charge in [0, 0.05) is 17.7 Å². The van der Waals surface area contributed by atoms with Crippen molar-refractivity contribution < 1.29 is 18.7 Å². The van der Waals surface area contributed by atoms with Gasteiger partial charge in [-0.25, -0.2) is 4.39 Å². The zero-order valence-electron chi connectivity index (χ0n) is 14.8. The summed E-state index contributed by atoms with van der Waals surface area (Å²) in [4.78, 5) is 12.7. The summed E-state index contributed by atoms with van der Waals surface area (Å²) in [6, 6.07) is 7.19. The fourth-order valence-corrected chi connectivity index (χ4v) is 3.04. The molecule has 1 amide bonds. The van der Waals surface area contributed by atoms with Crippen molar-refractivity contribution >= 4 is 23.2 Å². The fraction of sp³-hybridized carbons (Fsp3) is 0.222. The molecule has 0 saturated heterocycles. The Labute approximate surface area is 164 Å². The van der Waals surface area contributed by atoms with Crippen molar-refractivity contribution in [1.29, 1.82) is 0 Å². The van der Waals surface area contributed by atoms with Gasteiger partial charge in [-0.2, -0.15) is 4.68 Å². The quantitative estimate of drug-likeness (QED) is 0.722. The number of hydrogen-bond donors (Lipinski definition) is 1. The van der Waals surface area contributed by atoms with E-state index in [-0.39, 0.29) is 10.7 Å². The number of carbonyl (C=O) groups is 1. The standard InChI is InChI=1S/C18H15ClFN5O3/c1-10-22-23-24-25(10)15-9-12(3-4-14(15)20)21-18(26)11-7-13(19)17-16(8-11)27-5-2-6-28-17/h3-4,7-9H,2,5-6H2,1H3,(H,21,26). The Hall–Kier alpha value is -3.20. The van der Waals surface area contributed by atoms with Gasteiger partial charge >= 0.3 is 0 Å². The van der Waals surface area contributed by atoms with Gasteiger partial charge in [0.15, 0.2) is 17.3 Å². The van der Waals surface area contributed by atoms with Crippen LogP contribution in [-0.2, 0) is 0 Å². The van der Waals surface area contributed by atoms with Crippen LogP contribution in [0.3, 0.4) is 0 Å². The second-order valence-electron chi connectivity index (χ2n) is 6.09. The number of carbonyl (C=O) groups excluding carboxylic acids is 1. The molecule has 1 aliphatic rings.